The van der Waals surface area contributed by atoms with Gasteiger partial charge in [-0.25, -0.2) is 4.79 Å². The van der Waals surface area contributed by atoms with Crippen LogP contribution in [0.25, 0.3) is 0 Å². The van der Waals surface area contributed by atoms with Gasteiger partial charge >= 0.3 is 6.09 Å². The van der Waals surface area contributed by atoms with E-state index in [9.17, 15) is 19.2 Å². The van der Waals surface area contributed by atoms with Crippen LogP contribution >= 0.6 is 0 Å². The Morgan fingerprint density at radius 1 is 1.14 bits per heavy atom. The van der Waals surface area contributed by atoms with Crippen molar-refractivity contribution in [2.45, 2.75) is 39.2 Å². The number of anilines is 1. The van der Waals surface area contributed by atoms with Gasteiger partial charge in [-0.05, 0) is 51.7 Å². The van der Waals surface area contributed by atoms with Crippen molar-refractivity contribution >= 4 is 30.6 Å². The molecule has 10 nitrogen and oxygen atoms in total. The van der Waals surface area contributed by atoms with Crippen LogP contribution in [-0.4, -0.2) is 87.2 Å². The molecule has 2 unspecified atom stereocenters. The van der Waals surface area contributed by atoms with Gasteiger partial charge in [-0.3, -0.25) is 14.4 Å². The molecule has 1 aliphatic heterocycles. The van der Waals surface area contributed by atoms with Gasteiger partial charge in [0.2, 0.25) is 5.91 Å². The Kier molecular flexibility index (Phi) is 11.4. The molecule has 1 aliphatic rings. The Morgan fingerprint density at radius 2 is 1.86 bits per heavy atom. The summed E-state index contributed by atoms with van der Waals surface area (Å²) >= 11 is 0. The van der Waals surface area contributed by atoms with Crippen molar-refractivity contribution < 1.29 is 33.4 Å². The van der Waals surface area contributed by atoms with Crippen molar-refractivity contribution in [1.29, 1.82) is 0 Å². The average Bonchev–Trinajstić information content (AvgIpc) is 3.33. The predicted octanol–water partition coefficient (Wildman–Crippen LogP) is 3.11. The molecule has 0 spiro atoms. The predicted molar refractivity (Wildman–Crippen MR) is 139 cm³/mol. The molecule has 1 aromatic carbocycles. The van der Waals surface area contributed by atoms with Crippen molar-refractivity contribution in [3.8, 4) is 5.75 Å². The van der Waals surface area contributed by atoms with Gasteiger partial charge in [-0.2, -0.15) is 0 Å². The Labute approximate surface area is 219 Å². The minimum absolute atomic E-state index is 0.0291. The Bertz CT molecular complexity index is 944. The van der Waals surface area contributed by atoms with E-state index >= 15 is 0 Å². The van der Waals surface area contributed by atoms with Crippen LogP contribution in [0, 0.1) is 11.8 Å². The molecule has 2 rings (SSSR count). The third-order valence-corrected chi connectivity index (χ3v) is 6.14. The van der Waals surface area contributed by atoms with E-state index in [1.54, 1.807) is 29.0 Å². The molecule has 1 heterocycles. The lowest BCUT2D eigenvalue weighted by molar-refractivity contribution is -0.138. The minimum atomic E-state index is -0.590. The fraction of sp³-hybridized carbons (Fsp3) is 0.556. The molecule has 0 N–H and O–H groups in total. The lowest BCUT2D eigenvalue weighted by atomic mass is 9.87. The Balaban J connectivity index is 2.08. The summed E-state index contributed by atoms with van der Waals surface area (Å²) in [6, 6.07) is 7.24. The number of carbonyl (C=O) groups excluding carboxylic acids is 4. The van der Waals surface area contributed by atoms with Crippen LogP contribution in [-0.2, 0) is 23.9 Å². The van der Waals surface area contributed by atoms with Gasteiger partial charge in [0.25, 0.3) is 12.9 Å². The summed E-state index contributed by atoms with van der Waals surface area (Å²) in [4.78, 5) is 52.3. The minimum Gasteiger partial charge on any atom is -0.466 e. The number of ether oxygens (including phenoxy) is 3. The van der Waals surface area contributed by atoms with Gasteiger partial charge in [0, 0.05) is 39.6 Å². The molecule has 0 aliphatic carbocycles. The number of hydrogen-bond acceptors (Lipinski definition) is 8. The second-order valence-electron chi connectivity index (χ2n) is 10.1. The van der Waals surface area contributed by atoms with Gasteiger partial charge in [0.05, 0.1) is 12.2 Å². The highest BCUT2D eigenvalue weighted by Crippen LogP contribution is 2.30. The quantitative estimate of drug-likeness (QED) is 0.223. The third kappa shape index (κ3) is 9.44. The zero-order chi connectivity index (χ0) is 27.4. The molecular weight excluding hydrogens is 478 g/mol. The van der Waals surface area contributed by atoms with Crippen molar-refractivity contribution in [2.24, 2.45) is 11.8 Å². The molecule has 2 atom stereocenters. The summed E-state index contributed by atoms with van der Waals surface area (Å²) in [5.74, 6) is 0.0292. The topological polar surface area (TPSA) is 106 Å². The van der Waals surface area contributed by atoms with Crippen LogP contribution in [0.5, 0.6) is 5.75 Å². The summed E-state index contributed by atoms with van der Waals surface area (Å²) in [5.41, 5.74) is 0.179. The van der Waals surface area contributed by atoms with Crippen LogP contribution < -0.4 is 9.64 Å². The lowest BCUT2D eigenvalue weighted by Crippen LogP contribution is -2.40. The summed E-state index contributed by atoms with van der Waals surface area (Å²) in [6.07, 6.45) is 4.74. The molecule has 0 saturated carbocycles. The van der Waals surface area contributed by atoms with Crippen molar-refractivity contribution in [3.05, 3.63) is 36.4 Å². The average molecular weight is 518 g/mol. The van der Waals surface area contributed by atoms with Gasteiger partial charge in [-0.15, -0.1) is 0 Å². The van der Waals surface area contributed by atoms with E-state index in [4.69, 9.17) is 14.2 Å². The second kappa shape index (κ2) is 14.2. The van der Waals surface area contributed by atoms with Crippen molar-refractivity contribution in [1.82, 2.24) is 9.80 Å². The second-order valence-corrected chi connectivity index (χ2v) is 10.1. The first-order valence-corrected chi connectivity index (χ1v) is 12.4. The van der Waals surface area contributed by atoms with Crippen LogP contribution in [0.3, 0.4) is 0 Å². The van der Waals surface area contributed by atoms with E-state index in [0.717, 1.165) is 5.69 Å². The number of likely N-dealkylation sites (N-methyl/N-ethyl adjacent to an activating group) is 2. The number of para-hydroxylation sites is 2. The number of amides is 2. The highest BCUT2D eigenvalue weighted by Gasteiger charge is 2.37. The largest absolute Gasteiger partial charge is 0.466 e. The first kappa shape index (κ1) is 29.7. The van der Waals surface area contributed by atoms with Crippen LogP contribution in [0.2, 0.25) is 0 Å². The van der Waals surface area contributed by atoms with E-state index in [0.29, 0.717) is 51.2 Å². The highest BCUT2D eigenvalue weighted by molar-refractivity contribution is 5.79. The molecule has 204 valence electrons. The monoisotopic (exact) mass is 517 g/mol. The molecule has 10 heteroatoms. The van der Waals surface area contributed by atoms with Gasteiger partial charge in [0.1, 0.15) is 12.2 Å². The van der Waals surface area contributed by atoms with Gasteiger partial charge in [-0.1, -0.05) is 24.3 Å². The summed E-state index contributed by atoms with van der Waals surface area (Å²) < 4.78 is 15.3. The van der Waals surface area contributed by atoms with E-state index in [1.165, 1.54) is 0 Å². The first-order chi connectivity index (χ1) is 17.6. The molecule has 0 bridgehead atoms. The molecule has 1 aromatic rings. The zero-order valence-electron chi connectivity index (χ0n) is 22.4. The maximum Gasteiger partial charge on any atom is 0.410 e. The highest BCUT2D eigenvalue weighted by atomic mass is 16.6. The number of likely N-dealkylation sites (tertiary alicyclic amines) is 1. The fourth-order valence-corrected chi connectivity index (χ4v) is 4.23. The smallest absolute Gasteiger partial charge is 0.410 e. The molecular formula is C27H39N3O7. The Morgan fingerprint density at radius 3 is 2.54 bits per heavy atom. The molecule has 2 amide bonds. The number of hydrogen-bond donors (Lipinski definition) is 0. The first-order valence-electron chi connectivity index (χ1n) is 12.4. The summed E-state index contributed by atoms with van der Waals surface area (Å²) in [6.45, 7) is 8.16. The van der Waals surface area contributed by atoms with Crippen LogP contribution in [0.1, 0.15) is 33.6 Å². The summed E-state index contributed by atoms with van der Waals surface area (Å²) in [7, 11) is 3.57. The van der Waals surface area contributed by atoms with Crippen LogP contribution in [0.4, 0.5) is 10.5 Å². The SMILES string of the molecule is CN(CCOC=O)C(=O)C(C/C=C/CN(C)c1ccccc1OC=O)C1CCN(C(=O)OC(C)(C)C)C1. The fourth-order valence-electron chi connectivity index (χ4n) is 4.23. The standard InChI is InChI=1S/C27H39N3O7/c1-27(2,3)37-26(34)30-15-13-21(18-30)22(25(33)29(5)16-17-35-19-31)10-8-9-14-28(4)23-11-6-7-12-24(23)36-20-32/h6-9,11-12,19-22H,10,13-18H2,1-5H3/b9-8+. The molecule has 37 heavy (non-hydrogen) atoms. The molecule has 1 fully saturated rings. The van der Waals surface area contributed by atoms with Gasteiger partial charge in [0.15, 0.2) is 5.75 Å². The van der Waals surface area contributed by atoms with Crippen molar-refractivity contribution in [3.63, 3.8) is 0 Å². The van der Waals surface area contributed by atoms with Crippen LogP contribution in [0.15, 0.2) is 36.4 Å². The molecule has 0 radical (unpaired) electrons. The summed E-state index contributed by atoms with van der Waals surface area (Å²) in [5, 5.41) is 0. The lowest BCUT2D eigenvalue weighted by Gasteiger charge is -2.28. The number of rotatable bonds is 13. The van der Waals surface area contributed by atoms with E-state index < -0.39 is 5.60 Å². The van der Waals surface area contributed by atoms with E-state index in [2.05, 4.69) is 0 Å². The number of carbonyl (C=O) groups is 4. The van der Waals surface area contributed by atoms with E-state index in [-0.39, 0.29) is 37.0 Å². The normalized spacial score (nSPS) is 16.2. The van der Waals surface area contributed by atoms with E-state index in [1.807, 2.05) is 57.0 Å². The van der Waals surface area contributed by atoms with Crippen molar-refractivity contribution in [2.75, 3.05) is 51.8 Å². The Hall–Kier alpha value is -3.56. The molecule has 1 saturated heterocycles. The third-order valence-electron chi connectivity index (χ3n) is 6.14. The maximum absolute atomic E-state index is 13.3. The maximum atomic E-state index is 13.3. The van der Waals surface area contributed by atoms with Gasteiger partial charge < -0.3 is 28.9 Å². The zero-order valence-corrected chi connectivity index (χ0v) is 22.4. The number of nitrogens with zero attached hydrogens (tertiary/aromatic N) is 3. The number of allylic oxidation sites excluding steroid dienone is 1. The molecule has 0 aromatic heterocycles. The number of benzene rings is 1.